The molecule has 1 aromatic carbocycles. The zero-order valence-electron chi connectivity index (χ0n) is 14.3. The standard InChI is InChI=1S/C20H25NO3/c1-23-16-9-10-17-19-15(12-24-17)8-7-14(18(16)19)11-21-20(22)13-5-3-2-4-6-13/h9-10,12-14H,2-8,11H2,1H3,(H,21,22). The van der Waals surface area contributed by atoms with Crippen LogP contribution in [0.3, 0.4) is 0 Å². The fraction of sp³-hybridized carbons (Fsp3) is 0.550. The molecule has 2 aliphatic carbocycles. The Balaban J connectivity index is 1.54. The molecule has 1 aromatic heterocycles. The fourth-order valence-corrected chi connectivity index (χ4v) is 4.38. The van der Waals surface area contributed by atoms with Gasteiger partial charge < -0.3 is 14.5 Å². The summed E-state index contributed by atoms with van der Waals surface area (Å²) in [4.78, 5) is 12.5. The first kappa shape index (κ1) is 15.6. The number of hydrogen-bond donors (Lipinski definition) is 1. The molecule has 1 heterocycles. The Morgan fingerprint density at radius 2 is 2.08 bits per heavy atom. The number of hydrogen-bond acceptors (Lipinski definition) is 3. The van der Waals surface area contributed by atoms with Crippen molar-refractivity contribution in [3.8, 4) is 5.75 Å². The first-order valence-electron chi connectivity index (χ1n) is 9.12. The minimum Gasteiger partial charge on any atom is -0.496 e. The van der Waals surface area contributed by atoms with Crippen molar-refractivity contribution in [2.24, 2.45) is 5.92 Å². The maximum atomic E-state index is 12.5. The highest BCUT2D eigenvalue weighted by molar-refractivity contribution is 5.88. The Morgan fingerprint density at radius 3 is 2.88 bits per heavy atom. The third-order valence-corrected chi connectivity index (χ3v) is 5.71. The molecule has 24 heavy (non-hydrogen) atoms. The second-order valence-corrected chi connectivity index (χ2v) is 7.13. The average molecular weight is 327 g/mol. The Labute approximate surface area is 142 Å². The van der Waals surface area contributed by atoms with Gasteiger partial charge >= 0.3 is 0 Å². The van der Waals surface area contributed by atoms with E-state index in [2.05, 4.69) is 5.32 Å². The molecule has 4 rings (SSSR count). The number of ether oxygens (including phenoxy) is 1. The third kappa shape index (κ3) is 2.68. The number of nitrogens with one attached hydrogen (secondary N) is 1. The van der Waals surface area contributed by atoms with Gasteiger partial charge in [0, 0.05) is 29.3 Å². The number of furan rings is 1. The molecule has 128 valence electrons. The van der Waals surface area contributed by atoms with E-state index in [9.17, 15) is 4.79 Å². The monoisotopic (exact) mass is 327 g/mol. The van der Waals surface area contributed by atoms with Crippen LogP contribution in [0.4, 0.5) is 0 Å². The van der Waals surface area contributed by atoms with Crippen LogP contribution < -0.4 is 10.1 Å². The first-order valence-corrected chi connectivity index (χ1v) is 9.12. The molecule has 1 amide bonds. The molecule has 0 spiro atoms. The summed E-state index contributed by atoms with van der Waals surface area (Å²) in [6.45, 7) is 0.690. The minimum atomic E-state index is 0.213. The van der Waals surface area contributed by atoms with Gasteiger partial charge in [-0.2, -0.15) is 0 Å². The van der Waals surface area contributed by atoms with Gasteiger partial charge in [0.05, 0.1) is 13.4 Å². The van der Waals surface area contributed by atoms with Crippen LogP contribution in [-0.2, 0) is 11.2 Å². The number of benzene rings is 1. The van der Waals surface area contributed by atoms with Crippen molar-refractivity contribution in [2.45, 2.75) is 50.9 Å². The summed E-state index contributed by atoms with van der Waals surface area (Å²) in [5, 5.41) is 4.41. The lowest BCUT2D eigenvalue weighted by Crippen LogP contribution is -2.35. The van der Waals surface area contributed by atoms with Gasteiger partial charge in [-0.15, -0.1) is 0 Å². The second kappa shape index (κ2) is 6.50. The van der Waals surface area contributed by atoms with Crippen molar-refractivity contribution in [3.05, 3.63) is 29.5 Å². The molecule has 2 aromatic rings. The van der Waals surface area contributed by atoms with Crippen LogP contribution in [0.15, 0.2) is 22.8 Å². The molecule has 4 heteroatoms. The highest BCUT2D eigenvalue weighted by Gasteiger charge is 2.28. The van der Waals surface area contributed by atoms with Crippen LogP contribution >= 0.6 is 0 Å². The largest absolute Gasteiger partial charge is 0.496 e. The highest BCUT2D eigenvalue weighted by Crippen LogP contribution is 2.42. The highest BCUT2D eigenvalue weighted by atomic mass is 16.5. The molecule has 0 aliphatic heterocycles. The molecule has 1 unspecified atom stereocenters. The summed E-state index contributed by atoms with van der Waals surface area (Å²) in [5.74, 6) is 1.64. The van der Waals surface area contributed by atoms with Gasteiger partial charge in [-0.1, -0.05) is 19.3 Å². The minimum absolute atomic E-state index is 0.213. The van der Waals surface area contributed by atoms with E-state index >= 15 is 0 Å². The zero-order valence-corrected chi connectivity index (χ0v) is 14.3. The molecule has 1 N–H and O–H groups in total. The van der Waals surface area contributed by atoms with Gasteiger partial charge in [-0.25, -0.2) is 0 Å². The van der Waals surface area contributed by atoms with Gasteiger partial charge in [-0.05, 0) is 43.4 Å². The molecule has 0 saturated heterocycles. The van der Waals surface area contributed by atoms with E-state index in [1.807, 2.05) is 18.4 Å². The maximum Gasteiger partial charge on any atom is 0.223 e. The van der Waals surface area contributed by atoms with E-state index in [0.29, 0.717) is 12.5 Å². The summed E-state index contributed by atoms with van der Waals surface area (Å²) in [5.41, 5.74) is 3.38. The van der Waals surface area contributed by atoms with Crippen LogP contribution in [0.5, 0.6) is 5.75 Å². The number of carbonyl (C=O) groups is 1. The Hall–Kier alpha value is -1.97. The quantitative estimate of drug-likeness (QED) is 0.917. The predicted octanol–water partition coefficient (Wildman–Crippen LogP) is 4.17. The lowest BCUT2D eigenvalue weighted by molar-refractivity contribution is -0.126. The lowest BCUT2D eigenvalue weighted by atomic mass is 9.83. The first-order chi connectivity index (χ1) is 11.8. The molecule has 1 fully saturated rings. The number of amides is 1. The molecular formula is C20H25NO3. The number of methoxy groups -OCH3 is 1. The summed E-state index contributed by atoms with van der Waals surface area (Å²) in [6.07, 6.45) is 9.62. The fourth-order valence-electron chi connectivity index (χ4n) is 4.38. The molecule has 0 bridgehead atoms. The van der Waals surface area contributed by atoms with E-state index in [-0.39, 0.29) is 11.8 Å². The van der Waals surface area contributed by atoms with E-state index in [1.165, 1.54) is 35.8 Å². The SMILES string of the molecule is COc1ccc2occ3c2c1C(CNC(=O)C1CCCCC1)CC3. The van der Waals surface area contributed by atoms with Crippen LogP contribution in [0.2, 0.25) is 0 Å². The van der Waals surface area contributed by atoms with Crippen LogP contribution in [-0.4, -0.2) is 19.6 Å². The topological polar surface area (TPSA) is 51.5 Å². The number of aryl methyl sites for hydroxylation is 1. The summed E-state index contributed by atoms with van der Waals surface area (Å²) in [6, 6.07) is 3.95. The normalized spacial score (nSPS) is 21.0. The van der Waals surface area contributed by atoms with Crippen LogP contribution in [0, 0.1) is 5.92 Å². The molecule has 4 nitrogen and oxygen atoms in total. The Kier molecular flexibility index (Phi) is 4.21. The molecule has 1 saturated carbocycles. The van der Waals surface area contributed by atoms with Gasteiger partial charge in [0.15, 0.2) is 0 Å². The van der Waals surface area contributed by atoms with Crippen LogP contribution in [0.25, 0.3) is 11.0 Å². The zero-order chi connectivity index (χ0) is 16.5. The smallest absolute Gasteiger partial charge is 0.223 e. The van der Waals surface area contributed by atoms with Crippen molar-refractivity contribution in [2.75, 3.05) is 13.7 Å². The van der Waals surface area contributed by atoms with Crippen molar-refractivity contribution < 1.29 is 13.9 Å². The summed E-state index contributed by atoms with van der Waals surface area (Å²) in [7, 11) is 1.71. The summed E-state index contributed by atoms with van der Waals surface area (Å²) >= 11 is 0. The van der Waals surface area contributed by atoms with E-state index in [1.54, 1.807) is 7.11 Å². The van der Waals surface area contributed by atoms with Crippen LogP contribution in [0.1, 0.15) is 55.6 Å². The predicted molar refractivity (Wildman–Crippen MR) is 93.4 cm³/mol. The van der Waals surface area contributed by atoms with E-state index < -0.39 is 0 Å². The van der Waals surface area contributed by atoms with Gasteiger partial charge in [-0.3, -0.25) is 4.79 Å². The van der Waals surface area contributed by atoms with Gasteiger partial charge in [0.25, 0.3) is 0 Å². The van der Waals surface area contributed by atoms with Crippen molar-refractivity contribution in [1.29, 1.82) is 0 Å². The van der Waals surface area contributed by atoms with Gasteiger partial charge in [0.1, 0.15) is 11.3 Å². The maximum absolute atomic E-state index is 12.5. The molecule has 2 aliphatic rings. The number of carbonyl (C=O) groups excluding carboxylic acids is 1. The molecule has 1 atom stereocenters. The average Bonchev–Trinajstić information content (AvgIpc) is 3.06. The Morgan fingerprint density at radius 1 is 1.25 bits per heavy atom. The van der Waals surface area contributed by atoms with Gasteiger partial charge in [0.2, 0.25) is 5.91 Å². The van der Waals surface area contributed by atoms with Crippen molar-refractivity contribution in [1.82, 2.24) is 5.32 Å². The molecular weight excluding hydrogens is 302 g/mol. The van der Waals surface area contributed by atoms with E-state index in [0.717, 1.165) is 37.0 Å². The number of rotatable bonds is 4. The van der Waals surface area contributed by atoms with Crippen molar-refractivity contribution >= 4 is 16.9 Å². The lowest BCUT2D eigenvalue weighted by Gasteiger charge is -2.27. The Bertz CT molecular complexity index is 743. The molecule has 0 radical (unpaired) electrons. The summed E-state index contributed by atoms with van der Waals surface area (Å²) < 4.78 is 11.3. The third-order valence-electron chi connectivity index (χ3n) is 5.71. The van der Waals surface area contributed by atoms with Crippen molar-refractivity contribution in [3.63, 3.8) is 0 Å². The van der Waals surface area contributed by atoms with E-state index in [4.69, 9.17) is 9.15 Å². The second-order valence-electron chi connectivity index (χ2n) is 7.13.